The second-order valence-electron chi connectivity index (χ2n) is 6.22. The number of pyridine rings is 1. The normalized spacial score (nSPS) is 18.5. The van der Waals surface area contributed by atoms with Gasteiger partial charge in [-0.25, -0.2) is 9.97 Å². The first-order chi connectivity index (χ1) is 11.9. The van der Waals surface area contributed by atoms with E-state index in [0.717, 1.165) is 31.8 Å². The molecule has 1 atom stereocenters. The lowest BCUT2D eigenvalue weighted by atomic mass is 10.1. The Morgan fingerprint density at radius 1 is 1.32 bits per heavy atom. The number of hydrogen-bond acceptors (Lipinski definition) is 5. The van der Waals surface area contributed by atoms with Crippen LogP contribution in [-0.2, 0) is 6.18 Å². The summed E-state index contributed by atoms with van der Waals surface area (Å²) in [6.07, 6.45) is 2.65. The summed E-state index contributed by atoms with van der Waals surface area (Å²) in [6, 6.07) is 3.30. The van der Waals surface area contributed by atoms with Crippen LogP contribution in [0.4, 0.5) is 19.0 Å². The first kappa shape index (κ1) is 17.6. The summed E-state index contributed by atoms with van der Waals surface area (Å²) in [6.45, 7) is 1.89. The molecule has 0 bridgehead atoms. The molecule has 5 nitrogen and oxygen atoms in total. The van der Waals surface area contributed by atoms with E-state index in [1.807, 2.05) is 0 Å². The van der Waals surface area contributed by atoms with E-state index in [9.17, 15) is 13.2 Å². The average Bonchev–Trinajstić information content (AvgIpc) is 3.00. The smallest absolute Gasteiger partial charge is 0.370 e. The minimum Gasteiger partial charge on any atom is -0.370 e. The largest absolute Gasteiger partial charge is 0.417 e. The van der Waals surface area contributed by atoms with E-state index in [0.29, 0.717) is 11.9 Å². The van der Waals surface area contributed by atoms with Gasteiger partial charge in [-0.3, -0.25) is 4.98 Å². The monoisotopic (exact) mass is 351 g/mol. The van der Waals surface area contributed by atoms with Crippen molar-refractivity contribution < 1.29 is 13.2 Å². The summed E-state index contributed by atoms with van der Waals surface area (Å²) in [5, 5.41) is 3.23. The molecule has 1 fully saturated rings. The third kappa shape index (κ3) is 4.45. The van der Waals surface area contributed by atoms with Gasteiger partial charge in [0.2, 0.25) is 0 Å². The average molecular weight is 351 g/mol. The molecule has 0 aliphatic carbocycles. The maximum Gasteiger partial charge on any atom is 0.417 e. The number of halogens is 3. The molecule has 0 amide bonds. The quantitative estimate of drug-likeness (QED) is 0.894. The molecule has 1 aliphatic heterocycles. The summed E-state index contributed by atoms with van der Waals surface area (Å²) < 4.78 is 38.4. The predicted octanol–water partition coefficient (Wildman–Crippen LogP) is 3.45. The standard InChI is InChI=1S/C17H20F3N5/c1-25-8-2-3-14(25)4-6-22-15-5-7-23-16(24-15)12-9-13(11-21-10-12)17(18,19)20/h5,7,9-11,14H,2-4,6,8H2,1H3,(H,22,23,24). The van der Waals surface area contributed by atoms with Crippen molar-refractivity contribution in [1.29, 1.82) is 0 Å². The SMILES string of the molecule is CN1CCCC1CCNc1ccnc(-c2cncc(C(F)(F)F)c2)n1. The molecule has 1 saturated heterocycles. The van der Waals surface area contributed by atoms with Crippen LogP contribution in [0.2, 0.25) is 0 Å². The third-order valence-electron chi connectivity index (χ3n) is 4.43. The first-order valence-corrected chi connectivity index (χ1v) is 8.23. The van der Waals surface area contributed by atoms with E-state index < -0.39 is 11.7 Å². The highest BCUT2D eigenvalue weighted by molar-refractivity contribution is 5.56. The molecular formula is C17H20F3N5. The zero-order chi connectivity index (χ0) is 17.9. The molecule has 0 saturated carbocycles. The van der Waals surface area contributed by atoms with Crippen LogP contribution in [0.1, 0.15) is 24.8 Å². The number of nitrogens with one attached hydrogen (secondary N) is 1. The summed E-state index contributed by atoms with van der Waals surface area (Å²) in [7, 11) is 2.13. The Balaban J connectivity index is 1.67. The number of nitrogens with zero attached hydrogens (tertiary/aromatic N) is 4. The number of likely N-dealkylation sites (tertiary alicyclic amines) is 1. The minimum atomic E-state index is -4.44. The molecule has 1 N–H and O–H groups in total. The van der Waals surface area contributed by atoms with Gasteiger partial charge >= 0.3 is 6.18 Å². The number of anilines is 1. The van der Waals surface area contributed by atoms with Gasteiger partial charge in [0, 0.05) is 36.7 Å². The van der Waals surface area contributed by atoms with Crippen LogP contribution >= 0.6 is 0 Å². The van der Waals surface area contributed by atoms with E-state index >= 15 is 0 Å². The molecule has 3 heterocycles. The topological polar surface area (TPSA) is 53.9 Å². The Morgan fingerprint density at radius 2 is 2.16 bits per heavy atom. The Bertz CT molecular complexity index is 719. The molecule has 2 aromatic heterocycles. The van der Waals surface area contributed by atoms with Crippen molar-refractivity contribution in [3.8, 4) is 11.4 Å². The fraction of sp³-hybridized carbons (Fsp3) is 0.471. The van der Waals surface area contributed by atoms with E-state index in [1.165, 1.54) is 25.2 Å². The van der Waals surface area contributed by atoms with Crippen LogP contribution in [0.25, 0.3) is 11.4 Å². The highest BCUT2D eigenvalue weighted by Crippen LogP contribution is 2.30. The predicted molar refractivity (Wildman–Crippen MR) is 89.0 cm³/mol. The minimum absolute atomic E-state index is 0.224. The van der Waals surface area contributed by atoms with Gasteiger partial charge in [0.05, 0.1) is 5.56 Å². The zero-order valence-electron chi connectivity index (χ0n) is 13.9. The lowest BCUT2D eigenvalue weighted by molar-refractivity contribution is -0.137. The van der Waals surface area contributed by atoms with E-state index in [2.05, 4.69) is 32.2 Å². The van der Waals surface area contributed by atoms with Crippen LogP contribution in [-0.4, -0.2) is 46.0 Å². The van der Waals surface area contributed by atoms with Crippen molar-refractivity contribution in [2.75, 3.05) is 25.5 Å². The number of hydrogen-bond donors (Lipinski definition) is 1. The molecule has 1 unspecified atom stereocenters. The van der Waals surface area contributed by atoms with Gasteiger partial charge in [-0.1, -0.05) is 0 Å². The van der Waals surface area contributed by atoms with Crippen LogP contribution in [0.5, 0.6) is 0 Å². The molecule has 1 aliphatic rings. The summed E-state index contributed by atoms with van der Waals surface area (Å²) in [5.74, 6) is 0.824. The fourth-order valence-electron chi connectivity index (χ4n) is 3.02. The van der Waals surface area contributed by atoms with Crippen LogP contribution < -0.4 is 5.32 Å². The van der Waals surface area contributed by atoms with Crippen molar-refractivity contribution in [2.24, 2.45) is 0 Å². The number of rotatable bonds is 5. The molecule has 0 aromatic carbocycles. The Labute approximate surface area is 144 Å². The lowest BCUT2D eigenvalue weighted by Crippen LogP contribution is -2.27. The van der Waals surface area contributed by atoms with Gasteiger partial charge < -0.3 is 10.2 Å². The van der Waals surface area contributed by atoms with Crippen LogP contribution in [0.15, 0.2) is 30.7 Å². The highest BCUT2D eigenvalue weighted by atomic mass is 19.4. The van der Waals surface area contributed by atoms with Gasteiger partial charge in [-0.2, -0.15) is 13.2 Å². The maximum absolute atomic E-state index is 12.8. The zero-order valence-corrected chi connectivity index (χ0v) is 13.9. The van der Waals surface area contributed by atoms with Gasteiger partial charge in [0.25, 0.3) is 0 Å². The number of alkyl halides is 3. The Kier molecular flexibility index (Phi) is 5.17. The van der Waals surface area contributed by atoms with Crippen molar-refractivity contribution in [2.45, 2.75) is 31.5 Å². The lowest BCUT2D eigenvalue weighted by Gasteiger charge is -2.19. The first-order valence-electron chi connectivity index (χ1n) is 8.23. The molecule has 25 heavy (non-hydrogen) atoms. The van der Waals surface area contributed by atoms with E-state index in [-0.39, 0.29) is 11.4 Å². The summed E-state index contributed by atoms with van der Waals surface area (Å²) in [4.78, 5) is 14.4. The molecule has 0 spiro atoms. The van der Waals surface area contributed by atoms with Crippen molar-refractivity contribution >= 4 is 5.82 Å². The summed E-state index contributed by atoms with van der Waals surface area (Å²) >= 11 is 0. The van der Waals surface area contributed by atoms with Gasteiger partial charge in [-0.15, -0.1) is 0 Å². The molecular weight excluding hydrogens is 331 g/mol. The second kappa shape index (κ2) is 7.35. The maximum atomic E-state index is 12.8. The molecule has 3 rings (SSSR count). The van der Waals surface area contributed by atoms with Gasteiger partial charge in [-0.05, 0) is 45.0 Å². The van der Waals surface area contributed by atoms with Crippen molar-refractivity contribution in [3.63, 3.8) is 0 Å². The van der Waals surface area contributed by atoms with Gasteiger partial charge in [0.1, 0.15) is 5.82 Å². The van der Waals surface area contributed by atoms with E-state index in [4.69, 9.17) is 0 Å². The van der Waals surface area contributed by atoms with Crippen molar-refractivity contribution in [3.05, 3.63) is 36.3 Å². The molecule has 8 heteroatoms. The number of aromatic nitrogens is 3. The highest BCUT2D eigenvalue weighted by Gasteiger charge is 2.31. The van der Waals surface area contributed by atoms with Crippen LogP contribution in [0.3, 0.4) is 0 Å². The van der Waals surface area contributed by atoms with Crippen LogP contribution in [0, 0.1) is 0 Å². The Hall–Kier alpha value is -2.22. The Morgan fingerprint density at radius 3 is 2.88 bits per heavy atom. The summed E-state index contributed by atoms with van der Waals surface area (Å²) in [5.41, 5.74) is -0.565. The third-order valence-corrected chi connectivity index (χ3v) is 4.43. The fourth-order valence-corrected chi connectivity index (χ4v) is 3.02. The second-order valence-corrected chi connectivity index (χ2v) is 6.22. The van der Waals surface area contributed by atoms with E-state index in [1.54, 1.807) is 6.07 Å². The molecule has 0 radical (unpaired) electrons. The molecule has 134 valence electrons. The van der Waals surface area contributed by atoms with Gasteiger partial charge in [0.15, 0.2) is 5.82 Å². The molecule has 2 aromatic rings. The van der Waals surface area contributed by atoms with Crippen molar-refractivity contribution in [1.82, 2.24) is 19.9 Å².